The molecular formula is C12H14FNO. The summed E-state index contributed by atoms with van der Waals surface area (Å²) < 4.78 is 18.7. The van der Waals surface area contributed by atoms with Crippen LogP contribution >= 0.6 is 0 Å². The summed E-state index contributed by atoms with van der Waals surface area (Å²) in [4.78, 5) is 0. The van der Waals surface area contributed by atoms with Gasteiger partial charge in [-0.15, -0.1) is 0 Å². The second-order valence-electron chi connectivity index (χ2n) is 3.91. The zero-order valence-corrected chi connectivity index (χ0v) is 8.88. The third-order valence-corrected chi connectivity index (χ3v) is 2.23. The Morgan fingerprint density at radius 3 is 2.87 bits per heavy atom. The molecule has 0 aliphatic rings. The predicted molar refractivity (Wildman–Crippen MR) is 58.1 cm³/mol. The lowest BCUT2D eigenvalue weighted by Gasteiger charge is -2.04. The molecule has 80 valence electrons. The van der Waals surface area contributed by atoms with E-state index in [1.54, 1.807) is 6.07 Å². The van der Waals surface area contributed by atoms with Gasteiger partial charge in [-0.2, -0.15) is 0 Å². The van der Waals surface area contributed by atoms with Crippen LogP contribution in [0, 0.1) is 5.82 Å². The van der Waals surface area contributed by atoms with Crippen LogP contribution in [0.2, 0.25) is 0 Å². The first kappa shape index (κ1) is 10.2. The standard InChI is InChI=1S/C12H14FNO/c1-8(2)14-7-10-6-9-4-3-5-11(13)12(9)15-10/h3-6,8,14H,7H2,1-2H3. The Balaban J connectivity index is 2.27. The Bertz CT molecular complexity index is 462. The van der Waals surface area contributed by atoms with Gasteiger partial charge in [-0.1, -0.05) is 26.0 Å². The number of benzene rings is 1. The third-order valence-electron chi connectivity index (χ3n) is 2.23. The first-order chi connectivity index (χ1) is 7.16. The number of rotatable bonds is 3. The number of para-hydroxylation sites is 1. The first-order valence-corrected chi connectivity index (χ1v) is 5.07. The van der Waals surface area contributed by atoms with Crippen molar-refractivity contribution in [2.45, 2.75) is 26.4 Å². The number of fused-ring (bicyclic) bond motifs is 1. The van der Waals surface area contributed by atoms with E-state index in [2.05, 4.69) is 19.2 Å². The smallest absolute Gasteiger partial charge is 0.169 e. The van der Waals surface area contributed by atoms with Crippen molar-refractivity contribution in [3.63, 3.8) is 0 Å². The van der Waals surface area contributed by atoms with Crippen molar-refractivity contribution in [1.82, 2.24) is 5.32 Å². The molecule has 1 N–H and O–H groups in total. The van der Waals surface area contributed by atoms with Gasteiger partial charge in [-0.05, 0) is 12.1 Å². The molecule has 0 aliphatic heterocycles. The molecule has 0 radical (unpaired) electrons. The quantitative estimate of drug-likeness (QED) is 0.836. The summed E-state index contributed by atoms with van der Waals surface area (Å²) in [7, 11) is 0. The van der Waals surface area contributed by atoms with Gasteiger partial charge in [0.25, 0.3) is 0 Å². The van der Waals surface area contributed by atoms with Crippen LogP contribution in [-0.4, -0.2) is 6.04 Å². The predicted octanol–water partition coefficient (Wildman–Crippen LogP) is 3.07. The van der Waals surface area contributed by atoms with E-state index in [1.807, 2.05) is 12.1 Å². The van der Waals surface area contributed by atoms with Crippen LogP contribution in [0.1, 0.15) is 19.6 Å². The van der Waals surface area contributed by atoms with Gasteiger partial charge in [0.1, 0.15) is 5.76 Å². The lowest BCUT2D eigenvalue weighted by Crippen LogP contribution is -2.21. The minimum absolute atomic E-state index is 0.303. The average molecular weight is 207 g/mol. The van der Waals surface area contributed by atoms with Crippen molar-refractivity contribution in [3.8, 4) is 0 Å². The van der Waals surface area contributed by atoms with Crippen LogP contribution in [0.5, 0.6) is 0 Å². The molecule has 3 heteroatoms. The molecular weight excluding hydrogens is 193 g/mol. The summed E-state index contributed by atoms with van der Waals surface area (Å²) in [5.74, 6) is 0.465. The summed E-state index contributed by atoms with van der Waals surface area (Å²) in [6.07, 6.45) is 0. The molecule has 0 saturated heterocycles. The largest absolute Gasteiger partial charge is 0.457 e. The van der Waals surface area contributed by atoms with Gasteiger partial charge in [0, 0.05) is 11.4 Å². The highest BCUT2D eigenvalue weighted by molar-refractivity contribution is 5.78. The van der Waals surface area contributed by atoms with E-state index in [4.69, 9.17) is 4.42 Å². The number of hydrogen-bond acceptors (Lipinski definition) is 2. The fraction of sp³-hybridized carbons (Fsp3) is 0.333. The lowest BCUT2D eigenvalue weighted by atomic mass is 10.2. The monoisotopic (exact) mass is 207 g/mol. The fourth-order valence-corrected chi connectivity index (χ4v) is 1.47. The Hall–Kier alpha value is -1.35. The van der Waals surface area contributed by atoms with Crippen LogP contribution in [0.3, 0.4) is 0 Å². The van der Waals surface area contributed by atoms with Gasteiger partial charge in [0.05, 0.1) is 6.54 Å². The van der Waals surface area contributed by atoms with Gasteiger partial charge in [-0.3, -0.25) is 0 Å². The van der Waals surface area contributed by atoms with Crippen LogP contribution in [0.4, 0.5) is 4.39 Å². The maximum atomic E-state index is 13.3. The zero-order chi connectivity index (χ0) is 10.8. The Morgan fingerprint density at radius 2 is 2.20 bits per heavy atom. The topological polar surface area (TPSA) is 25.2 Å². The molecule has 1 heterocycles. The van der Waals surface area contributed by atoms with E-state index >= 15 is 0 Å². The minimum Gasteiger partial charge on any atom is -0.457 e. The van der Waals surface area contributed by atoms with Gasteiger partial charge in [-0.25, -0.2) is 4.39 Å². The number of hydrogen-bond donors (Lipinski definition) is 1. The maximum absolute atomic E-state index is 13.3. The summed E-state index contributed by atoms with van der Waals surface area (Å²) in [5, 5.41) is 4.04. The second kappa shape index (κ2) is 4.03. The highest BCUT2D eigenvalue weighted by Crippen LogP contribution is 2.21. The number of nitrogens with one attached hydrogen (secondary N) is 1. The van der Waals surface area contributed by atoms with E-state index in [1.165, 1.54) is 6.07 Å². The van der Waals surface area contributed by atoms with Crippen LogP contribution in [0.15, 0.2) is 28.7 Å². The van der Waals surface area contributed by atoms with E-state index in [0.717, 1.165) is 11.1 Å². The fourth-order valence-electron chi connectivity index (χ4n) is 1.47. The van der Waals surface area contributed by atoms with Crippen molar-refractivity contribution in [3.05, 3.63) is 35.8 Å². The van der Waals surface area contributed by atoms with E-state index in [-0.39, 0.29) is 5.82 Å². The number of halogens is 1. The first-order valence-electron chi connectivity index (χ1n) is 5.07. The van der Waals surface area contributed by atoms with Crippen molar-refractivity contribution >= 4 is 11.0 Å². The van der Waals surface area contributed by atoms with Gasteiger partial charge in [0.15, 0.2) is 11.4 Å². The second-order valence-corrected chi connectivity index (χ2v) is 3.91. The normalized spacial score (nSPS) is 11.5. The molecule has 0 saturated carbocycles. The molecule has 1 aromatic heterocycles. The molecule has 0 atom stereocenters. The van der Waals surface area contributed by atoms with E-state index < -0.39 is 0 Å². The van der Waals surface area contributed by atoms with E-state index in [0.29, 0.717) is 18.2 Å². The van der Waals surface area contributed by atoms with Crippen LogP contribution in [0.25, 0.3) is 11.0 Å². The summed E-state index contributed by atoms with van der Waals surface area (Å²) in [6, 6.07) is 7.20. The molecule has 0 fully saturated rings. The summed E-state index contributed by atoms with van der Waals surface area (Å²) in [5.41, 5.74) is 0.345. The Morgan fingerprint density at radius 1 is 1.40 bits per heavy atom. The molecule has 0 bridgehead atoms. The van der Waals surface area contributed by atoms with Crippen molar-refractivity contribution in [1.29, 1.82) is 0 Å². The molecule has 0 spiro atoms. The maximum Gasteiger partial charge on any atom is 0.169 e. The molecule has 15 heavy (non-hydrogen) atoms. The number of furan rings is 1. The average Bonchev–Trinajstić information content (AvgIpc) is 2.59. The van der Waals surface area contributed by atoms with Gasteiger partial charge in [0.2, 0.25) is 0 Å². The molecule has 0 unspecified atom stereocenters. The molecule has 1 aromatic carbocycles. The molecule has 2 aromatic rings. The van der Waals surface area contributed by atoms with Crippen LogP contribution < -0.4 is 5.32 Å². The van der Waals surface area contributed by atoms with Crippen LogP contribution in [-0.2, 0) is 6.54 Å². The Labute approximate surface area is 88.1 Å². The highest BCUT2D eigenvalue weighted by Gasteiger charge is 2.07. The van der Waals surface area contributed by atoms with Crippen molar-refractivity contribution in [2.24, 2.45) is 0 Å². The van der Waals surface area contributed by atoms with Gasteiger partial charge < -0.3 is 9.73 Å². The SMILES string of the molecule is CC(C)NCc1cc2cccc(F)c2o1. The van der Waals surface area contributed by atoms with E-state index in [9.17, 15) is 4.39 Å². The third kappa shape index (κ3) is 2.18. The molecule has 2 rings (SSSR count). The van der Waals surface area contributed by atoms with Gasteiger partial charge >= 0.3 is 0 Å². The summed E-state index contributed by atoms with van der Waals surface area (Å²) in [6.45, 7) is 4.75. The molecule has 0 aliphatic carbocycles. The Kier molecular flexibility index (Phi) is 2.73. The minimum atomic E-state index is -0.303. The van der Waals surface area contributed by atoms with Crippen molar-refractivity contribution in [2.75, 3.05) is 0 Å². The molecule has 2 nitrogen and oxygen atoms in total. The summed E-state index contributed by atoms with van der Waals surface area (Å²) >= 11 is 0. The lowest BCUT2D eigenvalue weighted by molar-refractivity contribution is 0.476. The highest BCUT2D eigenvalue weighted by atomic mass is 19.1. The van der Waals surface area contributed by atoms with Crippen molar-refractivity contribution < 1.29 is 8.81 Å². The molecule has 0 amide bonds. The zero-order valence-electron chi connectivity index (χ0n) is 8.88.